The molecule has 0 fully saturated rings. The van der Waals surface area contributed by atoms with Crippen LogP contribution in [0.2, 0.25) is 0 Å². The third kappa shape index (κ3) is 6.83. The van der Waals surface area contributed by atoms with Crippen molar-refractivity contribution in [2.24, 2.45) is 0 Å². The highest BCUT2D eigenvalue weighted by molar-refractivity contribution is 5.93. The van der Waals surface area contributed by atoms with E-state index in [4.69, 9.17) is 27.8 Å². The fourth-order valence-electron chi connectivity index (χ4n) is 4.54. The lowest BCUT2D eigenvalue weighted by molar-refractivity contribution is 0.0685. The van der Waals surface area contributed by atoms with Gasteiger partial charge in [-0.1, -0.05) is 42.5 Å². The van der Waals surface area contributed by atoms with Crippen molar-refractivity contribution < 1.29 is 37.7 Å². The first-order chi connectivity index (χ1) is 22.0. The van der Waals surface area contributed by atoms with Crippen LogP contribution in [0.15, 0.2) is 106 Å². The van der Waals surface area contributed by atoms with Crippen molar-refractivity contribution >= 4 is 5.97 Å². The lowest BCUT2D eigenvalue weighted by atomic mass is 10.2. The Bertz CT molecular complexity index is 1880. The number of aromatic nitrogens is 3. The normalized spacial score (nSPS) is 10.9. The first-order valence-electron chi connectivity index (χ1n) is 14.0. The standard InChI is InChI=1S/C34H29N3O8/c1-22-28(35-31(44-22)29-12-7-17-41-29)21-43-33-30(34(38)39)32(42-20-24-8-6-11-27(18-24)40-2)36-37(33)19-23-13-15-26(16-14-23)45-25-9-4-3-5-10-25/h3-18H,19-21H2,1-2H3,(H,38,39). The van der Waals surface area contributed by atoms with Gasteiger partial charge in [0.25, 0.3) is 11.8 Å². The molecular weight excluding hydrogens is 578 g/mol. The number of hydrogen-bond donors (Lipinski definition) is 1. The molecule has 45 heavy (non-hydrogen) atoms. The molecule has 0 amide bonds. The molecule has 0 saturated carbocycles. The van der Waals surface area contributed by atoms with Gasteiger partial charge in [-0.3, -0.25) is 0 Å². The van der Waals surface area contributed by atoms with Gasteiger partial charge in [0.2, 0.25) is 5.88 Å². The van der Waals surface area contributed by atoms with Crippen LogP contribution in [0.1, 0.15) is 32.9 Å². The van der Waals surface area contributed by atoms with Crippen LogP contribution in [0.25, 0.3) is 11.7 Å². The van der Waals surface area contributed by atoms with Crippen LogP contribution in [0.4, 0.5) is 0 Å². The molecule has 0 saturated heterocycles. The van der Waals surface area contributed by atoms with E-state index in [9.17, 15) is 9.90 Å². The van der Waals surface area contributed by atoms with E-state index >= 15 is 0 Å². The molecule has 0 aliphatic rings. The molecule has 0 bridgehead atoms. The third-order valence-electron chi connectivity index (χ3n) is 6.80. The number of carbonyl (C=O) groups is 1. The van der Waals surface area contributed by atoms with Crippen molar-refractivity contribution in [1.82, 2.24) is 14.8 Å². The van der Waals surface area contributed by atoms with Crippen LogP contribution >= 0.6 is 0 Å². The Labute approximate surface area is 258 Å². The Hall–Kier alpha value is -5.97. The summed E-state index contributed by atoms with van der Waals surface area (Å²) in [7, 11) is 1.57. The summed E-state index contributed by atoms with van der Waals surface area (Å²) >= 11 is 0. The van der Waals surface area contributed by atoms with E-state index in [1.807, 2.05) is 72.8 Å². The number of carboxylic acids is 1. The second-order valence-corrected chi connectivity index (χ2v) is 9.94. The number of para-hydroxylation sites is 1. The molecule has 6 aromatic rings. The molecular formula is C34H29N3O8. The first kappa shape index (κ1) is 29.1. The van der Waals surface area contributed by atoms with E-state index in [0.29, 0.717) is 34.6 Å². The van der Waals surface area contributed by atoms with Crippen LogP contribution in [-0.4, -0.2) is 33.0 Å². The minimum atomic E-state index is -1.25. The molecule has 228 valence electrons. The van der Waals surface area contributed by atoms with Crippen LogP contribution in [0.3, 0.4) is 0 Å². The number of aromatic carboxylic acids is 1. The topological polar surface area (TPSA) is 131 Å². The zero-order valence-corrected chi connectivity index (χ0v) is 24.5. The van der Waals surface area contributed by atoms with Crippen molar-refractivity contribution in [2.75, 3.05) is 7.11 Å². The summed E-state index contributed by atoms with van der Waals surface area (Å²) in [5, 5.41) is 14.8. The average molecular weight is 608 g/mol. The number of aryl methyl sites for hydroxylation is 1. The SMILES string of the molecule is COc1cccc(COc2nn(Cc3ccc(Oc4ccccc4)cc3)c(OCc3nc(-c4ccco4)oc3C)c2C(=O)O)c1. The third-order valence-corrected chi connectivity index (χ3v) is 6.80. The Balaban J connectivity index is 1.28. The number of carboxylic acid groups (broad SMARTS) is 1. The minimum Gasteiger partial charge on any atom is -0.497 e. The predicted octanol–water partition coefficient (Wildman–Crippen LogP) is 7.14. The van der Waals surface area contributed by atoms with Gasteiger partial charge in [-0.2, -0.15) is 0 Å². The maximum atomic E-state index is 12.6. The van der Waals surface area contributed by atoms with E-state index in [0.717, 1.165) is 16.9 Å². The summed E-state index contributed by atoms with van der Waals surface area (Å²) in [5.41, 5.74) is 1.87. The van der Waals surface area contributed by atoms with Crippen LogP contribution < -0.4 is 18.9 Å². The number of oxazole rings is 1. The van der Waals surface area contributed by atoms with Crippen LogP contribution in [0.5, 0.6) is 29.0 Å². The summed E-state index contributed by atoms with van der Waals surface area (Å²) in [4.78, 5) is 17.1. The molecule has 0 aliphatic heterocycles. The number of ether oxygens (including phenoxy) is 4. The van der Waals surface area contributed by atoms with Crippen LogP contribution in [0, 0.1) is 6.92 Å². The summed E-state index contributed by atoms with van der Waals surface area (Å²) in [6.07, 6.45) is 1.52. The van der Waals surface area contributed by atoms with Gasteiger partial charge in [-0.25, -0.2) is 14.5 Å². The molecule has 11 nitrogen and oxygen atoms in total. The van der Waals surface area contributed by atoms with Gasteiger partial charge in [0.15, 0.2) is 11.3 Å². The van der Waals surface area contributed by atoms with Crippen molar-refractivity contribution in [3.8, 4) is 40.7 Å². The fraction of sp³-hybridized carbons (Fsp3) is 0.147. The number of hydrogen-bond acceptors (Lipinski definition) is 9. The summed E-state index contributed by atoms with van der Waals surface area (Å²) in [5.74, 6) is 1.97. The van der Waals surface area contributed by atoms with Gasteiger partial charge in [0.05, 0.1) is 19.9 Å². The molecule has 0 aliphatic carbocycles. The Morgan fingerprint density at radius 3 is 2.38 bits per heavy atom. The second kappa shape index (κ2) is 13.1. The maximum absolute atomic E-state index is 12.6. The Kier molecular flexibility index (Phi) is 8.49. The fourth-order valence-corrected chi connectivity index (χ4v) is 4.54. The number of rotatable bonds is 13. The van der Waals surface area contributed by atoms with Crippen molar-refractivity contribution in [3.63, 3.8) is 0 Å². The highest BCUT2D eigenvalue weighted by Gasteiger charge is 2.28. The highest BCUT2D eigenvalue weighted by Crippen LogP contribution is 2.32. The van der Waals surface area contributed by atoms with E-state index in [1.165, 1.54) is 10.9 Å². The molecule has 0 atom stereocenters. The van der Waals surface area contributed by atoms with Gasteiger partial charge in [0.1, 0.15) is 41.9 Å². The largest absolute Gasteiger partial charge is 0.497 e. The van der Waals surface area contributed by atoms with Crippen molar-refractivity contribution in [2.45, 2.75) is 26.7 Å². The average Bonchev–Trinajstić information content (AvgIpc) is 3.80. The zero-order chi connectivity index (χ0) is 31.2. The zero-order valence-electron chi connectivity index (χ0n) is 24.5. The number of furan rings is 1. The quantitative estimate of drug-likeness (QED) is 0.144. The van der Waals surface area contributed by atoms with Gasteiger partial charge < -0.3 is 32.9 Å². The molecule has 0 spiro atoms. The highest BCUT2D eigenvalue weighted by atomic mass is 16.5. The van der Waals surface area contributed by atoms with Gasteiger partial charge >= 0.3 is 5.97 Å². The monoisotopic (exact) mass is 607 g/mol. The molecule has 1 N–H and O–H groups in total. The predicted molar refractivity (Wildman–Crippen MR) is 162 cm³/mol. The maximum Gasteiger partial charge on any atom is 0.346 e. The first-order valence-corrected chi connectivity index (χ1v) is 14.0. The van der Waals surface area contributed by atoms with E-state index < -0.39 is 5.97 Å². The van der Waals surface area contributed by atoms with E-state index in [2.05, 4.69) is 10.1 Å². The number of nitrogens with zero attached hydrogens (tertiary/aromatic N) is 3. The Morgan fingerprint density at radius 1 is 0.867 bits per heavy atom. The van der Waals surface area contributed by atoms with Crippen molar-refractivity contribution in [1.29, 1.82) is 0 Å². The molecule has 0 unspecified atom stereocenters. The van der Waals surface area contributed by atoms with Crippen LogP contribution in [-0.2, 0) is 19.8 Å². The molecule has 3 aromatic heterocycles. The lowest BCUT2D eigenvalue weighted by Crippen LogP contribution is -2.09. The van der Waals surface area contributed by atoms with E-state index in [-0.39, 0.29) is 37.1 Å². The van der Waals surface area contributed by atoms with Crippen molar-refractivity contribution in [3.05, 3.63) is 125 Å². The van der Waals surface area contributed by atoms with Gasteiger partial charge in [-0.05, 0) is 66.6 Å². The summed E-state index contributed by atoms with van der Waals surface area (Å²) < 4.78 is 35.8. The lowest BCUT2D eigenvalue weighted by Gasteiger charge is -2.10. The van der Waals surface area contributed by atoms with Gasteiger partial charge in [-0.15, -0.1) is 5.10 Å². The molecule has 11 heteroatoms. The summed E-state index contributed by atoms with van der Waals surface area (Å²) in [6, 6.07) is 27.6. The number of methoxy groups -OCH3 is 1. The smallest absolute Gasteiger partial charge is 0.346 e. The minimum absolute atomic E-state index is 0.00898. The number of benzene rings is 3. The second-order valence-electron chi connectivity index (χ2n) is 9.94. The molecule has 3 aromatic carbocycles. The van der Waals surface area contributed by atoms with Gasteiger partial charge in [0, 0.05) is 0 Å². The van der Waals surface area contributed by atoms with E-state index in [1.54, 1.807) is 32.2 Å². The Morgan fingerprint density at radius 2 is 1.64 bits per heavy atom. The molecule has 0 radical (unpaired) electrons. The summed E-state index contributed by atoms with van der Waals surface area (Å²) in [6.45, 7) is 1.92. The molecule has 6 rings (SSSR count). The molecule has 3 heterocycles.